The summed E-state index contributed by atoms with van der Waals surface area (Å²) in [5.41, 5.74) is 0.900. The van der Waals surface area contributed by atoms with Crippen molar-refractivity contribution in [3.8, 4) is 5.88 Å². The second-order valence-electron chi connectivity index (χ2n) is 4.85. The zero-order valence-corrected chi connectivity index (χ0v) is 12.4. The maximum absolute atomic E-state index is 5.51. The molecular formula is C14H25N3O2. The van der Waals surface area contributed by atoms with Gasteiger partial charge in [0.25, 0.3) is 0 Å². The molecule has 0 radical (unpaired) electrons. The van der Waals surface area contributed by atoms with Crippen LogP contribution in [0.2, 0.25) is 0 Å². The number of hydrogen-bond acceptors (Lipinski definition) is 5. The van der Waals surface area contributed by atoms with Crippen LogP contribution in [0.3, 0.4) is 0 Å². The van der Waals surface area contributed by atoms with E-state index in [1.54, 1.807) is 0 Å². The average molecular weight is 267 g/mol. The van der Waals surface area contributed by atoms with E-state index >= 15 is 0 Å². The molecule has 0 saturated heterocycles. The van der Waals surface area contributed by atoms with Gasteiger partial charge in [0.05, 0.1) is 6.61 Å². The van der Waals surface area contributed by atoms with Gasteiger partial charge in [-0.05, 0) is 26.2 Å². The van der Waals surface area contributed by atoms with Crippen molar-refractivity contribution >= 4 is 5.95 Å². The van der Waals surface area contributed by atoms with Gasteiger partial charge in [-0.2, -0.15) is 4.98 Å². The van der Waals surface area contributed by atoms with E-state index in [0.717, 1.165) is 31.9 Å². The lowest BCUT2D eigenvalue weighted by Gasteiger charge is -2.09. The molecule has 0 aliphatic heterocycles. The van der Waals surface area contributed by atoms with Crippen LogP contribution in [0.15, 0.2) is 6.07 Å². The quantitative estimate of drug-likeness (QED) is 0.697. The van der Waals surface area contributed by atoms with Crippen LogP contribution in [0.5, 0.6) is 5.88 Å². The molecule has 0 spiro atoms. The van der Waals surface area contributed by atoms with Gasteiger partial charge < -0.3 is 14.8 Å². The Balaban J connectivity index is 2.28. The molecule has 0 aromatic carbocycles. The summed E-state index contributed by atoms with van der Waals surface area (Å²) in [5.74, 6) is 1.82. The summed E-state index contributed by atoms with van der Waals surface area (Å²) >= 11 is 0. The van der Waals surface area contributed by atoms with Crippen LogP contribution in [0.25, 0.3) is 0 Å². The predicted molar refractivity (Wildman–Crippen MR) is 76.7 cm³/mol. The van der Waals surface area contributed by atoms with Crippen molar-refractivity contribution in [2.75, 3.05) is 31.7 Å². The molecule has 0 fully saturated rings. The van der Waals surface area contributed by atoms with E-state index in [1.165, 1.54) is 0 Å². The van der Waals surface area contributed by atoms with Gasteiger partial charge in [-0.25, -0.2) is 4.98 Å². The summed E-state index contributed by atoms with van der Waals surface area (Å²) in [7, 11) is 0. The lowest BCUT2D eigenvalue weighted by Crippen LogP contribution is -2.11. The summed E-state index contributed by atoms with van der Waals surface area (Å²) in [6.07, 6.45) is 0.938. The first-order valence-corrected chi connectivity index (χ1v) is 6.92. The molecule has 19 heavy (non-hydrogen) atoms. The summed E-state index contributed by atoms with van der Waals surface area (Å²) in [5, 5.41) is 3.19. The molecule has 1 aromatic heterocycles. The highest BCUT2D eigenvalue weighted by Crippen LogP contribution is 2.11. The van der Waals surface area contributed by atoms with Gasteiger partial charge >= 0.3 is 0 Å². The minimum absolute atomic E-state index is 0.585. The van der Waals surface area contributed by atoms with E-state index < -0.39 is 0 Å². The van der Waals surface area contributed by atoms with Crippen molar-refractivity contribution in [1.29, 1.82) is 0 Å². The van der Waals surface area contributed by atoms with Crippen LogP contribution in [0, 0.1) is 12.8 Å². The second kappa shape index (κ2) is 8.69. The maximum atomic E-state index is 5.51. The Kier molecular flexibility index (Phi) is 7.18. The van der Waals surface area contributed by atoms with Crippen LogP contribution >= 0.6 is 0 Å². The number of hydrogen-bond donors (Lipinski definition) is 1. The molecule has 1 heterocycles. The molecular weight excluding hydrogens is 242 g/mol. The highest BCUT2D eigenvalue weighted by atomic mass is 16.5. The van der Waals surface area contributed by atoms with Crippen molar-refractivity contribution in [2.24, 2.45) is 5.92 Å². The highest BCUT2D eigenvalue weighted by Gasteiger charge is 2.02. The van der Waals surface area contributed by atoms with Crippen molar-refractivity contribution < 1.29 is 9.47 Å². The number of ether oxygens (including phenoxy) is 2. The zero-order valence-electron chi connectivity index (χ0n) is 12.4. The Bertz CT molecular complexity index is 370. The molecule has 0 atom stereocenters. The largest absolute Gasteiger partial charge is 0.478 e. The Hall–Kier alpha value is -1.36. The third kappa shape index (κ3) is 6.96. The molecule has 0 bridgehead atoms. The molecule has 5 nitrogen and oxygen atoms in total. The Morgan fingerprint density at radius 1 is 1.32 bits per heavy atom. The lowest BCUT2D eigenvalue weighted by molar-refractivity contribution is 0.110. The predicted octanol–water partition coefficient (Wildman–Crippen LogP) is 2.66. The Morgan fingerprint density at radius 3 is 2.79 bits per heavy atom. The monoisotopic (exact) mass is 267 g/mol. The number of aromatic nitrogens is 2. The van der Waals surface area contributed by atoms with Crippen LogP contribution in [-0.4, -0.2) is 36.3 Å². The highest BCUT2D eigenvalue weighted by molar-refractivity contribution is 5.30. The maximum Gasteiger partial charge on any atom is 0.226 e. The average Bonchev–Trinajstić information content (AvgIpc) is 2.33. The van der Waals surface area contributed by atoms with Gasteiger partial charge in [0, 0.05) is 31.5 Å². The van der Waals surface area contributed by atoms with Crippen LogP contribution in [0.4, 0.5) is 5.95 Å². The Morgan fingerprint density at radius 2 is 2.11 bits per heavy atom. The zero-order chi connectivity index (χ0) is 14.1. The van der Waals surface area contributed by atoms with E-state index in [2.05, 4.69) is 29.1 Å². The van der Waals surface area contributed by atoms with Crippen molar-refractivity contribution in [3.05, 3.63) is 11.8 Å². The second-order valence-corrected chi connectivity index (χ2v) is 4.85. The smallest absolute Gasteiger partial charge is 0.226 e. The van der Waals surface area contributed by atoms with E-state index in [4.69, 9.17) is 9.47 Å². The van der Waals surface area contributed by atoms with Gasteiger partial charge in [0.2, 0.25) is 11.8 Å². The lowest BCUT2D eigenvalue weighted by atomic mass is 10.2. The number of rotatable bonds is 9. The van der Waals surface area contributed by atoms with Gasteiger partial charge in [-0.15, -0.1) is 0 Å². The molecule has 0 unspecified atom stereocenters. The molecule has 0 aliphatic rings. The minimum Gasteiger partial charge on any atom is -0.478 e. The van der Waals surface area contributed by atoms with E-state index in [-0.39, 0.29) is 0 Å². The summed E-state index contributed by atoms with van der Waals surface area (Å²) < 4.78 is 10.9. The van der Waals surface area contributed by atoms with Crippen molar-refractivity contribution in [3.63, 3.8) is 0 Å². The van der Waals surface area contributed by atoms with E-state index in [9.17, 15) is 0 Å². The summed E-state index contributed by atoms with van der Waals surface area (Å²) in [6.45, 7) is 11.1. The minimum atomic E-state index is 0.585. The summed E-state index contributed by atoms with van der Waals surface area (Å²) in [6, 6.07) is 1.83. The van der Waals surface area contributed by atoms with Crippen LogP contribution in [-0.2, 0) is 4.74 Å². The third-order valence-corrected chi connectivity index (χ3v) is 2.32. The standard InChI is InChI=1S/C14H25N3O2/c1-5-19-13-9-12(4)16-14(17-13)15-7-6-8-18-10-11(2)3/h9,11H,5-8,10H2,1-4H3,(H,15,16,17). The molecule has 1 N–H and O–H groups in total. The first kappa shape index (κ1) is 15.7. The molecule has 0 saturated carbocycles. The number of nitrogens with zero attached hydrogens (tertiary/aromatic N) is 2. The molecule has 1 rings (SSSR count). The molecule has 0 amide bonds. The molecule has 108 valence electrons. The molecule has 5 heteroatoms. The van der Waals surface area contributed by atoms with E-state index in [1.807, 2.05) is 19.9 Å². The van der Waals surface area contributed by atoms with Gasteiger partial charge in [0.1, 0.15) is 0 Å². The fraction of sp³-hybridized carbons (Fsp3) is 0.714. The van der Waals surface area contributed by atoms with Crippen LogP contribution < -0.4 is 10.1 Å². The topological polar surface area (TPSA) is 56.3 Å². The van der Waals surface area contributed by atoms with Crippen molar-refractivity contribution in [1.82, 2.24) is 9.97 Å². The van der Waals surface area contributed by atoms with Gasteiger partial charge in [0.15, 0.2) is 0 Å². The van der Waals surface area contributed by atoms with E-state index in [0.29, 0.717) is 24.4 Å². The SMILES string of the molecule is CCOc1cc(C)nc(NCCCOCC(C)C)n1. The normalized spacial score (nSPS) is 10.8. The Labute approximate surface area is 115 Å². The van der Waals surface area contributed by atoms with Gasteiger partial charge in [-0.3, -0.25) is 0 Å². The number of anilines is 1. The first-order chi connectivity index (χ1) is 9.11. The fourth-order valence-electron chi connectivity index (χ4n) is 1.53. The van der Waals surface area contributed by atoms with Crippen LogP contribution in [0.1, 0.15) is 32.9 Å². The van der Waals surface area contributed by atoms with Gasteiger partial charge in [-0.1, -0.05) is 13.8 Å². The number of aryl methyl sites for hydroxylation is 1. The van der Waals surface area contributed by atoms with Crippen molar-refractivity contribution in [2.45, 2.75) is 34.1 Å². The number of nitrogens with one attached hydrogen (secondary N) is 1. The summed E-state index contributed by atoms with van der Waals surface area (Å²) in [4.78, 5) is 8.60. The molecule has 0 aliphatic carbocycles. The first-order valence-electron chi connectivity index (χ1n) is 6.92. The molecule has 1 aromatic rings. The fourth-order valence-corrected chi connectivity index (χ4v) is 1.53. The third-order valence-electron chi connectivity index (χ3n) is 2.32.